The van der Waals surface area contributed by atoms with E-state index < -0.39 is 5.41 Å². The molecule has 2 aliphatic carbocycles. The van der Waals surface area contributed by atoms with Crippen LogP contribution in [0.5, 0.6) is 0 Å². The van der Waals surface area contributed by atoms with E-state index in [1.54, 1.807) is 0 Å². The monoisotopic (exact) mass is 802 g/mol. The van der Waals surface area contributed by atoms with Gasteiger partial charge in [-0.05, 0) is 98.1 Å². The molecule has 0 radical (unpaired) electrons. The fraction of sp³-hybridized carbons (Fsp3) is 0.0172. The van der Waals surface area contributed by atoms with Gasteiger partial charge in [0, 0.05) is 32.7 Å². The van der Waals surface area contributed by atoms with Crippen LogP contribution in [0, 0.1) is 0 Å². The van der Waals surface area contributed by atoms with Crippen molar-refractivity contribution in [2.24, 2.45) is 0 Å². The summed E-state index contributed by atoms with van der Waals surface area (Å²) in [7, 11) is 0. The highest BCUT2D eigenvalue weighted by molar-refractivity contribution is 6.12. The van der Waals surface area contributed by atoms with E-state index in [0.29, 0.717) is 17.6 Å². The summed E-state index contributed by atoms with van der Waals surface area (Å²) in [6.45, 7) is 0. The lowest BCUT2D eigenvalue weighted by atomic mass is 9.70. The second-order valence-electron chi connectivity index (χ2n) is 16.7. The summed E-state index contributed by atoms with van der Waals surface area (Å²) >= 11 is 0. The molecule has 5 heteroatoms. The van der Waals surface area contributed by atoms with Crippen LogP contribution in [0.4, 0.5) is 0 Å². The molecule has 9 aromatic carbocycles. The van der Waals surface area contributed by atoms with Crippen LogP contribution in [0.2, 0.25) is 0 Å². The van der Waals surface area contributed by atoms with Crippen molar-refractivity contribution in [2.45, 2.75) is 5.41 Å². The van der Waals surface area contributed by atoms with Crippen LogP contribution in [-0.2, 0) is 5.41 Å². The third kappa shape index (κ3) is 4.73. The Morgan fingerprint density at radius 2 is 0.921 bits per heavy atom. The van der Waals surface area contributed by atoms with Crippen LogP contribution in [-0.4, -0.2) is 19.5 Å². The average Bonchev–Trinajstić information content (AvgIpc) is 4.07. The Balaban J connectivity index is 1.01. The third-order valence-corrected chi connectivity index (χ3v) is 13.5. The lowest BCUT2D eigenvalue weighted by molar-refractivity contribution is 0.669. The number of hydrogen-bond acceptors (Lipinski definition) is 4. The van der Waals surface area contributed by atoms with Gasteiger partial charge in [-0.25, -0.2) is 4.98 Å². The molecule has 0 saturated carbocycles. The van der Waals surface area contributed by atoms with Gasteiger partial charge in [0.2, 0.25) is 5.95 Å². The molecule has 292 valence electrons. The van der Waals surface area contributed by atoms with E-state index in [9.17, 15) is 0 Å². The predicted molar refractivity (Wildman–Crippen MR) is 254 cm³/mol. The zero-order valence-corrected chi connectivity index (χ0v) is 33.8. The largest absolute Gasteiger partial charge is 0.456 e. The van der Waals surface area contributed by atoms with Gasteiger partial charge in [-0.2, -0.15) is 9.97 Å². The maximum absolute atomic E-state index is 6.52. The van der Waals surface area contributed by atoms with Gasteiger partial charge in [-0.3, -0.25) is 4.57 Å². The zero-order valence-electron chi connectivity index (χ0n) is 33.8. The summed E-state index contributed by atoms with van der Waals surface area (Å²) in [4.78, 5) is 15.8. The summed E-state index contributed by atoms with van der Waals surface area (Å²) in [5.41, 5.74) is 17.6. The van der Waals surface area contributed by atoms with Crippen molar-refractivity contribution in [3.63, 3.8) is 0 Å². The third-order valence-electron chi connectivity index (χ3n) is 13.5. The molecule has 14 rings (SSSR count). The van der Waals surface area contributed by atoms with Crippen molar-refractivity contribution < 1.29 is 4.42 Å². The molecule has 0 amide bonds. The van der Waals surface area contributed by atoms with Gasteiger partial charge >= 0.3 is 0 Å². The minimum absolute atomic E-state index is 0.449. The summed E-state index contributed by atoms with van der Waals surface area (Å²) < 4.78 is 8.75. The van der Waals surface area contributed by atoms with Crippen LogP contribution >= 0.6 is 0 Å². The minimum atomic E-state index is -0.449. The first-order chi connectivity index (χ1) is 31.2. The number of hydrogen-bond donors (Lipinski definition) is 0. The number of benzene rings is 9. The van der Waals surface area contributed by atoms with Crippen molar-refractivity contribution in [1.82, 2.24) is 19.5 Å². The molecule has 3 aromatic heterocycles. The molecule has 2 aliphatic rings. The molecule has 0 unspecified atom stereocenters. The maximum atomic E-state index is 6.52. The van der Waals surface area contributed by atoms with Crippen LogP contribution in [0.1, 0.15) is 22.3 Å². The zero-order chi connectivity index (χ0) is 41.2. The van der Waals surface area contributed by atoms with Crippen LogP contribution in [0.25, 0.3) is 106 Å². The van der Waals surface area contributed by atoms with E-state index in [2.05, 4.69) is 187 Å². The second kappa shape index (κ2) is 12.8. The van der Waals surface area contributed by atoms with Crippen molar-refractivity contribution >= 4 is 43.7 Å². The highest BCUT2D eigenvalue weighted by Gasteiger charge is 2.51. The molecule has 0 fully saturated rings. The summed E-state index contributed by atoms with van der Waals surface area (Å²) in [5.74, 6) is 1.73. The number of fused-ring (bicyclic) bond motifs is 16. The lowest BCUT2D eigenvalue weighted by Crippen LogP contribution is -2.25. The first-order valence-corrected chi connectivity index (χ1v) is 21.4. The SMILES string of the molecule is c1ccc(-c2ccc3oc4cc(-c5nc(-c6ccccc6)nc(-n6c7ccccc7c7cc8c(cc76)-c6ccccc6C86c7ccccc7-c7ccccc76)n5)ccc4c3c2)cc1. The Kier molecular flexibility index (Phi) is 6.97. The molecule has 0 saturated heterocycles. The number of furan rings is 1. The van der Waals surface area contributed by atoms with E-state index >= 15 is 0 Å². The Labute approximate surface area is 362 Å². The number of para-hydroxylation sites is 1. The van der Waals surface area contributed by atoms with Crippen LogP contribution in [0.15, 0.2) is 211 Å². The highest BCUT2D eigenvalue weighted by atomic mass is 16.3. The molecule has 5 nitrogen and oxygen atoms in total. The summed E-state index contributed by atoms with van der Waals surface area (Å²) in [5, 5.41) is 4.42. The summed E-state index contributed by atoms with van der Waals surface area (Å²) in [6.07, 6.45) is 0. The minimum Gasteiger partial charge on any atom is -0.456 e. The number of nitrogens with zero attached hydrogens (tertiary/aromatic N) is 4. The predicted octanol–water partition coefficient (Wildman–Crippen LogP) is 14.2. The van der Waals surface area contributed by atoms with Gasteiger partial charge in [0.25, 0.3) is 0 Å². The molecule has 0 atom stereocenters. The molecular weight excluding hydrogens is 769 g/mol. The highest BCUT2D eigenvalue weighted by Crippen LogP contribution is 2.63. The van der Waals surface area contributed by atoms with Gasteiger partial charge in [0.1, 0.15) is 11.2 Å². The van der Waals surface area contributed by atoms with E-state index in [1.165, 1.54) is 50.1 Å². The second-order valence-corrected chi connectivity index (χ2v) is 16.7. The van der Waals surface area contributed by atoms with Crippen molar-refractivity contribution in [1.29, 1.82) is 0 Å². The fourth-order valence-electron chi connectivity index (χ4n) is 10.8. The number of rotatable bonds is 4. The normalized spacial score (nSPS) is 13.2. The Morgan fingerprint density at radius 3 is 1.63 bits per heavy atom. The molecule has 0 bridgehead atoms. The maximum Gasteiger partial charge on any atom is 0.238 e. The van der Waals surface area contributed by atoms with E-state index in [1.807, 2.05) is 24.3 Å². The van der Waals surface area contributed by atoms with Gasteiger partial charge in [0.05, 0.1) is 16.4 Å². The number of aromatic nitrogens is 4. The molecular formula is C58H34N4O. The topological polar surface area (TPSA) is 56.7 Å². The molecule has 0 aliphatic heterocycles. The Morgan fingerprint density at radius 1 is 0.333 bits per heavy atom. The summed E-state index contributed by atoms with van der Waals surface area (Å²) in [6, 6.07) is 73.7. The molecule has 12 aromatic rings. The van der Waals surface area contributed by atoms with Gasteiger partial charge in [-0.1, -0.05) is 164 Å². The van der Waals surface area contributed by atoms with Crippen molar-refractivity contribution in [2.75, 3.05) is 0 Å². The first kappa shape index (κ1) is 34.3. The Bertz CT molecular complexity index is 3820. The molecule has 0 N–H and O–H groups in total. The standard InChI is InChI=1S/C58H34N4O/c1-3-15-35(16-4-1)37-28-30-53-46(31-37)43-29-27-38(32-54(43)63-53)56-59-55(36-17-5-2-6-18-36)60-57(61-56)62-51-26-14-10-22-42(51)45-33-50-44(34-52(45)62)41-21-9-13-25-49(41)58(50)47-23-11-7-19-39(47)40-20-8-12-24-48(40)58/h1-34H. The van der Waals surface area contributed by atoms with Crippen molar-refractivity contribution in [3.05, 3.63) is 229 Å². The van der Waals surface area contributed by atoms with Gasteiger partial charge < -0.3 is 4.42 Å². The quantitative estimate of drug-likeness (QED) is 0.178. The molecule has 3 heterocycles. The van der Waals surface area contributed by atoms with E-state index in [4.69, 9.17) is 19.4 Å². The van der Waals surface area contributed by atoms with Gasteiger partial charge in [0.15, 0.2) is 11.6 Å². The lowest BCUT2D eigenvalue weighted by Gasteiger charge is -2.30. The van der Waals surface area contributed by atoms with Crippen LogP contribution < -0.4 is 0 Å². The van der Waals surface area contributed by atoms with Crippen LogP contribution in [0.3, 0.4) is 0 Å². The first-order valence-electron chi connectivity index (χ1n) is 21.4. The fourth-order valence-corrected chi connectivity index (χ4v) is 10.8. The smallest absolute Gasteiger partial charge is 0.238 e. The molecule has 63 heavy (non-hydrogen) atoms. The Hall–Kier alpha value is -8.41. The van der Waals surface area contributed by atoms with E-state index in [0.717, 1.165) is 60.4 Å². The van der Waals surface area contributed by atoms with Crippen molar-refractivity contribution in [3.8, 4) is 62.1 Å². The average molecular weight is 803 g/mol. The van der Waals surface area contributed by atoms with E-state index in [-0.39, 0.29) is 0 Å². The molecule has 1 spiro atoms. The van der Waals surface area contributed by atoms with Gasteiger partial charge in [-0.15, -0.1) is 0 Å².